The first kappa shape index (κ1) is 14.6. The van der Waals surface area contributed by atoms with Crippen LogP contribution in [-0.4, -0.2) is 28.3 Å². The second-order valence-corrected chi connectivity index (χ2v) is 5.97. The Morgan fingerprint density at radius 2 is 2.12 bits per heavy atom. The van der Waals surface area contributed by atoms with Crippen molar-refractivity contribution in [2.45, 2.75) is 33.2 Å². The van der Waals surface area contributed by atoms with Crippen LogP contribution in [0.2, 0.25) is 0 Å². The van der Waals surface area contributed by atoms with Gasteiger partial charge in [-0.3, -0.25) is 4.68 Å². The molecule has 0 fully saturated rings. The fourth-order valence-corrected chi connectivity index (χ4v) is 2.66. The van der Waals surface area contributed by atoms with E-state index in [0.717, 1.165) is 19.0 Å². The highest BCUT2D eigenvalue weighted by molar-refractivity contribution is 7.98. The molecule has 1 aromatic rings. The predicted molar refractivity (Wildman–Crippen MR) is 76.5 cm³/mol. The summed E-state index contributed by atoms with van der Waals surface area (Å²) in [5, 5.41) is 8.04. The van der Waals surface area contributed by atoms with Crippen molar-refractivity contribution in [3.05, 3.63) is 17.5 Å². The minimum Gasteiger partial charge on any atom is -0.312 e. The van der Waals surface area contributed by atoms with Gasteiger partial charge in [0.2, 0.25) is 0 Å². The van der Waals surface area contributed by atoms with Gasteiger partial charge in [-0.05, 0) is 30.4 Å². The standard InChI is InChI=1S/C13H25N3S/c1-10(2)13-12(8-16(4)15-13)7-14-6-11(3)9-17-5/h8,10-11,14H,6-7,9H2,1-5H3. The Morgan fingerprint density at radius 3 is 2.71 bits per heavy atom. The quantitative estimate of drug-likeness (QED) is 0.812. The molecule has 1 heterocycles. The van der Waals surface area contributed by atoms with E-state index < -0.39 is 0 Å². The molecule has 0 radical (unpaired) electrons. The van der Waals surface area contributed by atoms with Crippen molar-refractivity contribution in [1.82, 2.24) is 15.1 Å². The van der Waals surface area contributed by atoms with E-state index in [4.69, 9.17) is 0 Å². The molecule has 1 atom stereocenters. The van der Waals surface area contributed by atoms with Crippen LogP contribution in [0.15, 0.2) is 6.20 Å². The summed E-state index contributed by atoms with van der Waals surface area (Å²) < 4.78 is 1.91. The molecule has 0 aliphatic carbocycles. The molecular formula is C13H25N3S. The van der Waals surface area contributed by atoms with Crippen LogP contribution in [-0.2, 0) is 13.6 Å². The van der Waals surface area contributed by atoms with E-state index in [1.54, 1.807) is 0 Å². The fraction of sp³-hybridized carbons (Fsp3) is 0.769. The van der Waals surface area contributed by atoms with Gasteiger partial charge in [-0.2, -0.15) is 16.9 Å². The zero-order valence-corrected chi connectivity index (χ0v) is 12.5. The van der Waals surface area contributed by atoms with E-state index in [-0.39, 0.29) is 0 Å². The number of rotatable bonds is 7. The Kier molecular flexibility index (Phi) is 6.06. The molecule has 3 nitrogen and oxygen atoms in total. The first-order valence-corrected chi connectivity index (χ1v) is 7.66. The number of thioether (sulfide) groups is 1. The fourth-order valence-electron chi connectivity index (χ4n) is 1.97. The number of aryl methyl sites for hydroxylation is 1. The maximum absolute atomic E-state index is 4.52. The van der Waals surface area contributed by atoms with Gasteiger partial charge in [-0.1, -0.05) is 20.8 Å². The van der Waals surface area contributed by atoms with Crippen molar-refractivity contribution in [1.29, 1.82) is 0 Å². The lowest BCUT2D eigenvalue weighted by molar-refractivity contribution is 0.557. The van der Waals surface area contributed by atoms with E-state index in [2.05, 4.69) is 43.6 Å². The zero-order chi connectivity index (χ0) is 12.8. The van der Waals surface area contributed by atoms with Crippen LogP contribution in [0.4, 0.5) is 0 Å². The average Bonchev–Trinajstić information content (AvgIpc) is 2.60. The van der Waals surface area contributed by atoms with Crippen molar-refractivity contribution in [3.63, 3.8) is 0 Å². The van der Waals surface area contributed by atoms with Crippen molar-refractivity contribution in [2.75, 3.05) is 18.6 Å². The zero-order valence-electron chi connectivity index (χ0n) is 11.7. The van der Waals surface area contributed by atoms with Gasteiger partial charge in [-0.25, -0.2) is 0 Å². The number of hydrogen-bond donors (Lipinski definition) is 1. The lowest BCUT2D eigenvalue weighted by Crippen LogP contribution is -2.22. The third-order valence-corrected chi connectivity index (χ3v) is 3.65. The second-order valence-electron chi connectivity index (χ2n) is 5.06. The van der Waals surface area contributed by atoms with Gasteiger partial charge in [0.05, 0.1) is 5.69 Å². The lowest BCUT2D eigenvalue weighted by atomic mass is 10.1. The molecule has 0 saturated heterocycles. The highest BCUT2D eigenvalue weighted by atomic mass is 32.2. The summed E-state index contributed by atoms with van der Waals surface area (Å²) in [6, 6.07) is 0. The number of nitrogens with zero attached hydrogens (tertiary/aromatic N) is 2. The van der Waals surface area contributed by atoms with Crippen LogP contribution in [0.1, 0.15) is 37.9 Å². The first-order chi connectivity index (χ1) is 8.04. The predicted octanol–water partition coefficient (Wildman–Crippen LogP) is 2.63. The smallest absolute Gasteiger partial charge is 0.0694 e. The van der Waals surface area contributed by atoms with Gasteiger partial charge in [0.15, 0.2) is 0 Å². The summed E-state index contributed by atoms with van der Waals surface area (Å²) in [5.74, 6) is 2.44. The highest BCUT2D eigenvalue weighted by Gasteiger charge is 2.11. The Labute approximate surface area is 109 Å². The molecule has 0 aromatic carbocycles. The molecule has 0 amide bonds. The van der Waals surface area contributed by atoms with E-state index in [1.165, 1.54) is 17.0 Å². The number of hydrogen-bond acceptors (Lipinski definition) is 3. The Bertz CT molecular complexity index is 333. The highest BCUT2D eigenvalue weighted by Crippen LogP contribution is 2.17. The first-order valence-electron chi connectivity index (χ1n) is 6.26. The molecule has 1 rings (SSSR count). The van der Waals surface area contributed by atoms with Crippen LogP contribution < -0.4 is 5.32 Å². The van der Waals surface area contributed by atoms with Crippen LogP contribution in [0.5, 0.6) is 0 Å². The lowest BCUT2D eigenvalue weighted by Gasteiger charge is -2.11. The molecular weight excluding hydrogens is 230 g/mol. The number of aromatic nitrogens is 2. The van der Waals surface area contributed by atoms with Gasteiger partial charge >= 0.3 is 0 Å². The van der Waals surface area contributed by atoms with Crippen LogP contribution in [0, 0.1) is 5.92 Å². The van der Waals surface area contributed by atoms with E-state index in [1.807, 2.05) is 23.5 Å². The van der Waals surface area contributed by atoms with Gasteiger partial charge in [0.25, 0.3) is 0 Å². The van der Waals surface area contributed by atoms with E-state index in [9.17, 15) is 0 Å². The summed E-state index contributed by atoms with van der Waals surface area (Å²) in [4.78, 5) is 0. The second kappa shape index (κ2) is 7.07. The molecule has 0 spiro atoms. The molecule has 17 heavy (non-hydrogen) atoms. The summed E-state index contributed by atoms with van der Waals surface area (Å²) in [7, 11) is 1.99. The Balaban J connectivity index is 2.46. The molecule has 0 aliphatic heterocycles. The summed E-state index contributed by atoms with van der Waals surface area (Å²) >= 11 is 1.91. The third-order valence-electron chi connectivity index (χ3n) is 2.74. The summed E-state index contributed by atoms with van der Waals surface area (Å²) in [5.41, 5.74) is 2.55. The van der Waals surface area contributed by atoms with E-state index >= 15 is 0 Å². The number of nitrogens with one attached hydrogen (secondary N) is 1. The summed E-state index contributed by atoms with van der Waals surface area (Å²) in [6.07, 6.45) is 4.29. The van der Waals surface area contributed by atoms with Gasteiger partial charge < -0.3 is 5.32 Å². The molecule has 0 aliphatic rings. The van der Waals surface area contributed by atoms with Gasteiger partial charge in [0.1, 0.15) is 0 Å². The molecule has 1 unspecified atom stereocenters. The van der Waals surface area contributed by atoms with Crippen molar-refractivity contribution in [3.8, 4) is 0 Å². The normalized spacial score (nSPS) is 13.3. The Hall–Kier alpha value is -0.480. The van der Waals surface area contributed by atoms with Crippen molar-refractivity contribution >= 4 is 11.8 Å². The molecule has 1 aromatic heterocycles. The van der Waals surface area contributed by atoms with E-state index in [0.29, 0.717) is 5.92 Å². The molecule has 0 bridgehead atoms. The molecule has 4 heteroatoms. The van der Waals surface area contributed by atoms with Crippen LogP contribution in [0.25, 0.3) is 0 Å². The Morgan fingerprint density at radius 1 is 1.41 bits per heavy atom. The summed E-state index contributed by atoms with van der Waals surface area (Å²) in [6.45, 7) is 8.69. The monoisotopic (exact) mass is 255 g/mol. The SMILES string of the molecule is CSCC(C)CNCc1cn(C)nc1C(C)C. The maximum atomic E-state index is 4.52. The maximum Gasteiger partial charge on any atom is 0.0694 e. The van der Waals surface area contributed by atoms with Gasteiger partial charge in [-0.15, -0.1) is 0 Å². The van der Waals surface area contributed by atoms with Crippen LogP contribution >= 0.6 is 11.8 Å². The van der Waals surface area contributed by atoms with Crippen LogP contribution in [0.3, 0.4) is 0 Å². The molecule has 98 valence electrons. The molecule has 1 N–H and O–H groups in total. The van der Waals surface area contributed by atoms with Crippen molar-refractivity contribution in [2.24, 2.45) is 13.0 Å². The minimum atomic E-state index is 0.497. The average molecular weight is 255 g/mol. The third kappa shape index (κ3) is 4.72. The van der Waals surface area contributed by atoms with Crippen molar-refractivity contribution < 1.29 is 0 Å². The minimum absolute atomic E-state index is 0.497. The largest absolute Gasteiger partial charge is 0.312 e. The molecule has 0 saturated carbocycles. The van der Waals surface area contributed by atoms with Gasteiger partial charge in [0, 0.05) is 25.4 Å². The topological polar surface area (TPSA) is 29.9 Å².